The molecular formula is C25H22ClF3N8O2. The van der Waals surface area contributed by atoms with Gasteiger partial charge in [0.15, 0.2) is 11.5 Å². The van der Waals surface area contributed by atoms with Crippen LogP contribution in [0.25, 0.3) is 11.3 Å². The number of halogens is 4. The monoisotopic (exact) mass is 558 g/mol. The van der Waals surface area contributed by atoms with Crippen molar-refractivity contribution in [1.29, 1.82) is 0 Å². The lowest BCUT2D eigenvalue weighted by Crippen LogP contribution is -2.38. The Bertz CT molecular complexity index is 1510. The highest BCUT2D eigenvalue weighted by atomic mass is 35.5. The molecule has 5 rings (SSSR count). The summed E-state index contributed by atoms with van der Waals surface area (Å²) in [5.74, 6) is -1.25. The quantitative estimate of drug-likeness (QED) is 0.326. The van der Waals surface area contributed by atoms with Gasteiger partial charge < -0.3 is 15.3 Å². The van der Waals surface area contributed by atoms with E-state index >= 15 is 0 Å². The Labute approximate surface area is 225 Å². The lowest BCUT2D eigenvalue weighted by atomic mass is 10.0. The van der Waals surface area contributed by atoms with Crippen molar-refractivity contribution in [3.05, 3.63) is 76.5 Å². The van der Waals surface area contributed by atoms with Gasteiger partial charge in [0, 0.05) is 48.4 Å². The Morgan fingerprint density at radius 1 is 1.15 bits per heavy atom. The van der Waals surface area contributed by atoms with E-state index in [1.54, 1.807) is 23.3 Å². The summed E-state index contributed by atoms with van der Waals surface area (Å²) in [6.45, 7) is 3.58. The fraction of sp³-hybridized carbons (Fsp3) is 0.280. The summed E-state index contributed by atoms with van der Waals surface area (Å²) in [6, 6.07) is 1.99. The van der Waals surface area contributed by atoms with E-state index in [1.165, 1.54) is 13.1 Å². The highest BCUT2D eigenvalue weighted by Gasteiger charge is 2.25. The number of rotatable bonds is 8. The Morgan fingerprint density at radius 3 is 2.54 bits per heavy atom. The molecule has 1 fully saturated rings. The van der Waals surface area contributed by atoms with Crippen LogP contribution in [0.4, 0.5) is 24.8 Å². The molecule has 0 unspecified atom stereocenters. The summed E-state index contributed by atoms with van der Waals surface area (Å²) < 4.78 is 43.6. The van der Waals surface area contributed by atoms with Crippen LogP contribution >= 0.6 is 11.6 Å². The maximum Gasteiger partial charge on any atom is 0.276 e. The smallest absolute Gasteiger partial charge is 0.276 e. The minimum absolute atomic E-state index is 0.121. The minimum Gasteiger partial charge on any atom is -0.387 e. The molecule has 0 saturated carbocycles. The van der Waals surface area contributed by atoms with Crippen molar-refractivity contribution < 1.29 is 23.1 Å². The third-order valence-corrected chi connectivity index (χ3v) is 6.39. The van der Waals surface area contributed by atoms with Gasteiger partial charge in [-0.25, -0.2) is 28.1 Å². The van der Waals surface area contributed by atoms with Crippen molar-refractivity contribution in [1.82, 2.24) is 29.7 Å². The van der Waals surface area contributed by atoms with Crippen molar-refractivity contribution in [3.8, 4) is 11.3 Å². The predicted molar refractivity (Wildman–Crippen MR) is 136 cm³/mol. The topological polar surface area (TPSA) is 122 Å². The zero-order chi connectivity index (χ0) is 27.7. The molecular weight excluding hydrogens is 537 g/mol. The zero-order valence-electron chi connectivity index (χ0n) is 20.5. The minimum atomic E-state index is -3.04. The number of nitrogens with zero attached hydrogens (tertiary/aromatic N) is 7. The van der Waals surface area contributed by atoms with Crippen LogP contribution in [-0.4, -0.2) is 53.8 Å². The van der Waals surface area contributed by atoms with Gasteiger partial charge in [-0.05, 0) is 19.4 Å². The molecule has 0 bridgehead atoms. The summed E-state index contributed by atoms with van der Waals surface area (Å²) in [6.07, 6.45) is 4.24. The van der Waals surface area contributed by atoms with Gasteiger partial charge in [-0.15, -0.1) is 0 Å². The molecule has 1 atom stereocenters. The van der Waals surface area contributed by atoms with Crippen LogP contribution in [-0.2, 0) is 6.54 Å². The number of carbonyl (C=O) groups is 1. The maximum atomic E-state index is 14.8. The van der Waals surface area contributed by atoms with Crippen LogP contribution < -0.4 is 10.2 Å². The van der Waals surface area contributed by atoms with Crippen LogP contribution in [0, 0.1) is 5.82 Å². The van der Waals surface area contributed by atoms with Crippen molar-refractivity contribution in [2.75, 3.05) is 23.3 Å². The summed E-state index contributed by atoms with van der Waals surface area (Å²) in [4.78, 5) is 32.0. The molecule has 3 aromatic heterocycles. The van der Waals surface area contributed by atoms with E-state index in [-0.39, 0.29) is 17.1 Å². The fourth-order valence-electron chi connectivity index (χ4n) is 4.00. The predicted octanol–water partition coefficient (Wildman–Crippen LogP) is 4.42. The van der Waals surface area contributed by atoms with E-state index in [2.05, 4.69) is 35.3 Å². The second kappa shape index (κ2) is 10.9. The van der Waals surface area contributed by atoms with E-state index in [9.17, 15) is 23.1 Å². The van der Waals surface area contributed by atoms with E-state index in [4.69, 9.17) is 11.6 Å². The van der Waals surface area contributed by atoms with Crippen molar-refractivity contribution in [3.63, 3.8) is 0 Å². The Balaban J connectivity index is 1.38. The Morgan fingerprint density at radius 2 is 1.90 bits per heavy atom. The second-order valence-corrected chi connectivity index (χ2v) is 9.31. The van der Waals surface area contributed by atoms with Crippen LogP contribution in [0.2, 0.25) is 5.02 Å². The van der Waals surface area contributed by atoms with Crippen LogP contribution in [0.3, 0.4) is 0 Å². The van der Waals surface area contributed by atoms with E-state index in [0.29, 0.717) is 18.2 Å². The first-order valence-electron chi connectivity index (χ1n) is 11.9. The Kier molecular flexibility index (Phi) is 7.44. The number of carbonyl (C=O) groups excluding carboxylic acids is 1. The number of alkyl halides is 2. The lowest BCUT2D eigenvalue weighted by Gasteiger charge is -2.30. The number of amides is 1. The molecule has 1 aliphatic heterocycles. The van der Waals surface area contributed by atoms with Crippen molar-refractivity contribution >= 4 is 29.1 Å². The first kappa shape index (κ1) is 26.5. The summed E-state index contributed by atoms with van der Waals surface area (Å²) in [7, 11) is 0. The molecule has 202 valence electrons. The van der Waals surface area contributed by atoms with E-state index in [1.807, 2.05) is 0 Å². The normalized spacial score (nSPS) is 13.9. The van der Waals surface area contributed by atoms with E-state index < -0.39 is 40.4 Å². The maximum absolute atomic E-state index is 14.8. The van der Waals surface area contributed by atoms with Gasteiger partial charge >= 0.3 is 0 Å². The lowest BCUT2D eigenvalue weighted by molar-refractivity contribution is 0.101. The number of aliphatic hydroxyl groups is 1. The molecule has 1 amide bonds. The molecule has 1 aromatic carbocycles. The van der Waals surface area contributed by atoms with Gasteiger partial charge in [0.2, 0.25) is 5.95 Å². The van der Waals surface area contributed by atoms with Gasteiger partial charge in [0.1, 0.15) is 0 Å². The number of anilines is 2. The molecule has 2 N–H and O–H groups in total. The third-order valence-electron chi connectivity index (χ3n) is 6.10. The molecule has 4 heterocycles. The molecule has 1 aliphatic rings. The highest BCUT2D eigenvalue weighted by molar-refractivity contribution is 6.31. The molecule has 0 aliphatic carbocycles. The highest BCUT2D eigenvalue weighted by Crippen LogP contribution is 2.36. The zero-order valence-corrected chi connectivity index (χ0v) is 21.3. The standard InChI is InChI=1S/C25H22ClF3N8O2/c1-13(38)21-22(35-18(10-30-21)19-16(23(28)29)3-4-17(26)20(19)27)24(39)34-15-9-33-37(12-15)11-14-7-31-25(32-8-14)36-5-2-6-36/h3-4,7-10,12-13,23,38H,2,5-6,11H2,1H3,(H,34,39)/t13-/m1/s1. The van der Waals surface area contributed by atoms with Crippen LogP contribution in [0.5, 0.6) is 0 Å². The summed E-state index contributed by atoms with van der Waals surface area (Å²) in [5, 5.41) is 16.6. The van der Waals surface area contributed by atoms with Crippen LogP contribution in [0.1, 0.15) is 53.2 Å². The van der Waals surface area contributed by atoms with Gasteiger partial charge in [0.05, 0.1) is 47.1 Å². The van der Waals surface area contributed by atoms with Gasteiger partial charge in [-0.3, -0.25) is 14.5 Å². The largest absolute Gasteiger partial charge is 0.387 e. The number of hydrogen-bond acceptors (Lipinski definition) is 8. The van der Waals surface area contributed by atoms with Gasteiger partial charge in [-0.1, -0.05) is 17.7 Å². The fourth-order valence-corrected chi connectivity index (χ4v) is 4.16. The summed E-state index contributed by atoms with van der Waals surface area (Å²) >= 11 is 5.82. The third kappa shape index (κ3) is 5.54. The Hall–Kier alpha value is -4.10. The molecule has 10 nitrogen and oxygen atoms in total. The average Bonchev–Trinajstić information content (AvgIpc) is 3.31. The molecule has 1 saturated heterocycles. The average molecular weight is 559 g/mol. The van der Waals surface area contributed by atoms with Gasteiger partial charge in [0.25, 0.3) is 12.3 Å². The number of nitrogens with one attached hydrogen (secondary N) is 1. The number of aliphatic hydroxyl groups excluding tert-OH is 1. The number of aromatic nitrogens is 6. The van der Waals surface area contributed by atoms with Crippen LogP contribution in [0.15, 0.2) is 43.1 Å². The van der Waals surface area contributed by atoms with E-state index in [0.717, 1.165) is 43.4 Å². The number of hydrogen-bond donors (Lipinski definition) is 2. The van der Waals surface area contributed by atoms with Crippen molar-refractivity contribution in [2.24, 2.45) is 0 Å². The molecule has 0 spiro atoms. The second-order valence-electron chi connectivity index (χ2n) is 8.90. The molecule has 39 heavy (non-hydrogen) atoms. The summed E-state index contributed by atoms with van der Waals surface area (Å²) in [5.41, 5.74) is -0.972. The van der Waals surface area contributed by atoms with Gasteiger partial charge in [-0.2, -0.15) is 5.10 Å². The SMILES string of the molecule is C[C@@H](O)c1ncc(-c2c(C(F)F)ccc(Cl)c2F)nc1C(=O)Nc1cnn(Cc2cnc(N3CCC3)nc2)c1. The van der Waals surface area contributed by atoms with Crippen molar-refractivity contribution in [2.45, 2.75) is 32.4 Å². The molecule has 4 aromatic rings. The first-order chi connectivity index (χ1) is 18.7. The molecule has 0 radical (unpaired) electrons. The number of benzene rings is 1. The first-order valence-corrected chi connectivity index (χ1v) is 12.3. The molecule has 14 heteroatoms.